The van der Waals surface area contributed by atoms with Crippen LogP contribution in [0.2, 0.25) is 0 Å². The van der Waals surface area contributed by atoms with Crippen LogP contribution in [0.5, 0.6) is 11.5 Å². The third-order valence-electron chi connectivity index (χ3n) is 13.5. The number of allylic oxidation sites excluding steroid dienone is 3. The molecule has 1 aromatic heterocycles. The highest BCUT2D eigenvalue weighted by Gasteiger charge is 2.33. The van der Waals surface area contributed by atoms with Gasteiger partial charge in [-0.25, -0.2) is 9.59 Å². The van der Waals surface area contributed by atoms with E-state index in [9.17, 15) is 49.5 Å². The van der Waals surface area contributed by atoms with Crippen molar-refractivity contribution >= 4 is 58.5 Å². The minimum absolute atomic E-state index is 0.0117. The van der Waals surface area contributed by atoms with Gasteiger partial charge in [0, 0.05) is 97.4 Å². The van der Waals surface area contributed by atoms with E-state index in [0.717, 1.165) is 4.48 Å². The molecule has 10 rings (SSSR count). The molecule has 2 aliphatic carbocycles. The summed E-state index contributed by atoms with van der Waals surface area (Å²) in [4.78, 5) is 67.5. The molecular weight excluding hydrogens is 989 g/mol. The number of benzene rings is 6. The third kappa shape index (κ3) is 9.16. The Labute approximate surface area is 435 Å². The van der Waals surface area contributed by atoms with Crippen molar-refractivity contribution in [3.63, 3.8) is 0 Å². The van der Waals surface area contributed by atoms with Gasteiger partial charge in [-0.15, -0.1) is 0 Å². The highest BCUT2D eigenvalue weighted by atomic mass is 19.2. The maximum Gasteiger partial charge on any atom is 0.677 e. The van der Waals surface area contributed by atoms with Crippen LogP contribution in [0.25, 0.3) is 72.4 Å². The largest absolute Gasteiger partial charge is 0.677 e. The molecule has 3 aliphatic heterocycles. The fourth-order valence-corrected chi connectivity index (χ4v) is 10.0. The summed E-state index contributed by atoms with van der Waals surface area (Å²) in [6, 6.07) is 26.0. The molecule has 0 unspecified atom stereocenters. The second-order valence-electron chi connectivity index (χ2n) is 18.3. The number of hydrogen-bond donors (Lipinski definition) is 5. The fraction of sp³-hybridized carbons (Fsp3) is 0.100. The summed E-state index contributed by atoms with van der Waals surface area (Å²) in [5.41, 5.74) is 4.37. The van der Waals surface area contributed by atoms with Crippen LogP contribution in [0, 0.1) is 37.5 Å². The Hall–Kier alpha value is -10.3. The number of hydrogen-bond acceptors (Lipinski definition) is 10. The molecule has 0 radical (unpaired) electrons. The molecule has 0 atom stereocenters. The minimum atomic E-state index is -3.13. The van der Waals surface area contributed by atoms with Crippen LogP contribution in [0.3, 0.4) is 0 Å². The Kier molecular flexibility index (Phi) is 12.8. The maximum atomic E-state index is 15.4. The fourth-order valence-electron chi connectivity index (χ4n) is 10.0. The SMILES string of the molecule is CC1=N/C(=C(/CCC(=O)O)c2c(C)c(C#Cc3ccc(-c4c5ccc(=O)cc-5oc5cc(O)ccc45)c(C(=O)O)c3)c(C)n2B(F)F)C(C)=C1C#Cc1ccc(-c2c3ccc(=O)cc-3oc3cc(O)ccc23)c(C(=O)O)c1. The number of carboxylic acids is 3. The van der Waals surface area contributed by atoms with Gasteiger partial charge in [0.25, 0.3) is 0 Å². The number of phenolic OH excluding ortho intramolecular Hbond substituents is 2. The number of aromatic hydroxyl groups is 2. The van der Waals surface area contributed by atoms with Crippen molar-refractivity contribution in [1.29, 1.82) is 0 Å². The van der Waals surface area contributed by atoms with Gasteiger partial charge in [0.1, 0.15) is 34.2 Å². The van der Waals surface area contributed by atoms with Gasteiger partial charge >= 0.3 is 25.3 Å². The van der Waals surface area contributed by atoms with Crippen LogP contribution < -0.4 is 10.9 Å². The van der Waals surface area contributed by atoms with Gasteiger partial charge in [-0.05, 0) is 129 Å². The Morgan fingerprint density at radius 2 is 1.10 bits per heavy atom. The molecule has 0 spiro atoms. The van der Waals surface area contributed by atoms with Crippen molar-refractivity contribution in [2.45, 2.75) is 40.5 Å². The lowest BCUT2D eigenvalue weighted by Gasteiger charge is -2.17. The highest BCUT2D eigenvalue weighted by molar-refractivity contribution is 6.41. The topological polar surface area (TPSA) is 230 Å². The average molecular weight is 1030 g/mol. The van der Waals surface area contributed by atoms with Gasteiger partial charge in [0.15, 0.2) is 10.9 Å². The molecule has 4 heterocycles. The van der Waals surface area contributed by atoms with E-state index >= 15 is 8.63 Å². The van der Waals surface area contributed by atoms with E-state index in [0.29, 0.717) is 55.4 Å². The summed E-state index contributed by atoms with van der Waals surface area (Å²) in [5, 5.41) is 52.4. The van der Waals surface area contributed by atoms with Gasteiger partial charge in [-0.2, -0.15) is 0 Å². The zero-order valence-corrected chi connectivity index (χ0v) is 41.1. The normalized spacial score (nSPS) is 12.9. The second-order valence-corrected chi connectivity index (χ2v) is 18.3. The Balaban J connectivity index is 1.05. The number of aromatic nitrogens is 1. The van der Waals surface area contributed by atoms with Gasteiger partial charge < -0.3 is 38.8 Å². The summed E-state index contributed by atoms with van der Waals surface area (Å²) in [6.45, 7) is 6.36. The zero-order valence-electron chi connectivity index (χ0n) is 41.1. The van der Waals surface area contributed by atoms with Crippen molar-refractivity contribution in [2.24, 2.45) is 4.99 Å². The quantitative estimate of drug-likeness (QED) is 0.0516. The summed E-state index contributed by atoms with van der Waals surface area (Å²) >= 11 is 0. The molecule has 0 amide bonds. The summed E-state index contributed by atoms with van der Waals surface area (Å²) in [7, 11) is -3.13. The standard InChI is InChI=1S/C60H39BF2N2O12/c1-29-39(13-5-33-7-15-41(48(23-33)59(72)73)55-43-17-9-35(66)25-50(43)76-51-26-36(67)10-18-44(51)55)31(3)64-57(29)47(21-22-54(70)71)58-30(2)40(32(4)65(58)61(62)63)14-6-34-8-16-42(49(24-34)60(74)75)56-45-19-11-37(68)27-52(45)77-53-28-38(69)12-20-46(53)56/h7-12,15-20,23-28,66,68H,21-22H2,1-4H3,(H,70,71)(H,72,73)(H,74,75)/b57-47-. The molecule has 5 aliphatic rings. The predicted octanol–water partition coefficient (Wildman–Crippen LogP) is 11.3. The first-order chi connectivity index (χ1) is 36.8. The number of carbonyl (C=O) groups is 3. The van der Waals surface area contributed by atoms with Crippen LogP contribution in [0.4, 0.5) is 8.63 Å². The van der Waals surface area contributed by atoms with Gasteiger partial charge in [-0.3, -0.25) is 28.0 Å². The molecule has 17 heteroatoms. The number of aliphatic imine (C=N–C) groups is 1. The summed E-state index contributed by atoms with van der Waals surface area (Å²) in [5.74, 6) is 8.39. The molecule has 0 saturated heterocycles. The Morgan fingerprint density at radius 1 is 0.610 bits per heavy atom. The lowest BCUT2D eigenvalue weighted by atomic mass is 9.90. The van der Waals surface area contributed by atoms with Crippen molar-refractivity contribution in [3.05, 3.63) is 191 Å². The van der Waals surface area contributed by atoms with Gasteiger partial charge in [0.2, 0.25) is 0 Å². The number of aromatic carboxylic acids is 2. The summed E-state index contributed by atoms with van der Waals surface area (Å²) < 4.78 is 43.5. The van der Waals surface area contributed by atoms with Crippen molar-refractivity contribution < 1.29 is 57.4 Å². The molecule has 378 valence electrons. The number of nitrogens with zero attached hydrogens (tertiary/aromatic N) is 2. The molecule has 4 aromatic carbocycles. The second kappa shape index (κ2) is 19.5. The van der Waals surface area contributed by atoms with Crippen LogP contribution in [0.1, 0.15) is 81.0 Å². The van der Waals surface area contributed by atoms with Crippen molar-refractivity contribution in [1.82, 2.24) is 4.48 Å². The molecule has 0 fully saturated rings. The predicted molar refractivity (Wildman–Crippen MR) is 286 cm³/mol. The van der Waals surface area contributed by atoms with Crippen LogP contribution in [0.15, 0.2) is 149 Å². The van der Waals surface area contributed by atoms with E-state index in [4.69, 9.17) is 13.8 Å². The smallest absolute Gasteiger partial charge is 0.508 e. The minimum Gasteiger partial charge on any atom is -0.508 e. The number of halogens is 2. The molecule has 14 nitrogen and oxygen atoms in total. The lowest BCUT2D eigenvalue weighted by Crippen LogP contribution is -2.18. The zero-order chi connectivity index (χ0) is 54.7. The first-order valence-electron chi connectivity index (χ1n) is 23.7. The molecule has 5 N–H and O–H groups in total. The van der Waals surface area contributed by atoms with E-state index in [1.54, 1.807) is 63.2 Å². The number of carboxylic acid groups (broad SMARTS) is 3. The molecule has 0 saturated carbocycles. The van der Waals surface area contributed by atoms with E-state index in [1.165, 1.54) is 73.7 Å². The molecular formula is C60H39BF2N2O12. The number of fused-ring (bicyclic) bond motifs is 4. The van der Waals surface area contributed by atoms with Gasteiger partial charge in [0.05, 0.1) is 28.1 Å². The number of aliphatic carboxylic acids is 1. The first kappa shape index (κ1) is 50.3. The Morgan fingerprint density at radius 3 is 1.58 bits per heavy atom. The van der Waals surface area contributed by atoms with Crippen molar-refractivity contribution in [2.75, 3.05) is 0 Å². The monoisotopic (exact) mass is 1030 g/mol. The van der Waals surface area contributed by atoms with E-state index in [1.807, 2.05) is 0 Å². The number of rotatable bonds is 9. The van der Waals surface area contributed by atoms with Crippen LogP contribution in [-0.4, -0.2) is 61.0 Å². The third-order valence-corrected chi connectivity index (χ3v) is 13.5. The van der Waals surface area contributed by atoms with E-state index < -0.39 is 31.7 Å². The average Bonchev–Trinajstić information content (AvgIpc) is 3.90. The molecule has 5 aromatic rings. The van der Waals surface area contributed by atoms with Crippen LogP contribution in [-0.2, 0) is 4.79 Å². The lowest BCUT2D eigenvalue weighted by molar-refractivity contribution is -0.136. The van der Waals surface area contributed by atoms with Crippen molar-refractivity contribution in [3.8, 4) is 80.1 Å². The number of phenols is 2. The molecule has 77 heavy (non-hydrogen) atoms. The van der Waals surface area contributed by atoms with E-state index in [2.05, 4.69) is 23.7 Å². The van der Waals surface area contributed by atoms with Crippen LogP contribution >= 0.6 is 0 Å². The first-order valence-corrected chi connectivity index (χ1v) is 23.7. The summed E-state index contributed by atoms with van der Waals surface area (Å²) in [6.07, 6.45) is -0.684. The van der Waals surface area contributed by atoms with E-state index in [-0.39, 0.29) is 113 Å². The maximum absolute atomic E-state index is 15.4. The highest BCUT2D eigenvalue weighted by Crippen LogP contribution is 2.45. The Bertz CT molecular complexity index is 4380. The van der Waals surface area contributed by atoms with Gasteiger partial charge in [-0.1, -0.05) is 35.8 Å². The molecule has 0 bridgehead atoms.